The number of hydrogen-bond acceptors (Lipinski definition) is 6. The molecule has 11 heteroatoms. The zero-order chi connectivity index (χ0) is 24.5. The van der Waals surface area contributed by atoms with Crippen LogP contribution in [-0.2, 0) is 22.6 Å². The van der Waals surface area contributed by atoms with Gasteiger partial charge in [0.05, 0.1) is 31.2 Å². The lowest BCUT2D eigenvalue weighted by molar-refractivity contribution is -0.116. The van der Waals surface area contributed by atoms with Crippen LogP contribution in [0.2, 0.25) is 5.02 Å². The molecule has 0 unspecified atom stereocenters. The first-order valence-electron chi connectivity index (χ1n) is 10.4. The van der Waals surface area contributed by atoms with Crippen LogP contribution in [0.1, 0.15) is 12.0 Å². The summed E-state index contributed by atoms with van der Waals surface area (Å²) in [6.45, 7) is 0.513. The summed E-state index contributed by atoms with van der Waals surface area (Å²) in [5.74, 6) is -0.757. The molecule has 2 aromatic carbocycles. The van der Waals surface area contributed by atoms with Crippen molar-refractivity contribution in [3.05, 3.63) is 85.8 Å². The molecule has 9 nitrogen and oxygen atoms in total. The summed E-state index contributed by atoms with van der Waals surface area (Å²) in [7, 11) is 1.47. The van der Waals surface area contributed by atoms with Crippen molar-refractivity contribution in [3.8, 4) is 5.75 Å². The largest absolute Gasteiger partial charge is 0.491 e. The zero-order valence-electron chi connectivity index (χ0n) is 18.4. The summed E-state index contributed by atoms with van der Waals surface area (Å²) in [5, 5.41) is 5.71. The van der Waals surface area contributed by atoms with Crippen LogP contribution in [0.25, 0.3) is 0 Å². The number of H-pyrrole nitrogens is 1. The maximum atomic E-state index is 13.2. The van der Waals surface area contributed by atoms with Gasteiger partial charge in [-0.1, -0.05) is 41.9 Å². The molecule has 0 aliphatic heterocycles. The number of methoxy groups -OCH3 is 1. The van der Waals surface area contributed by atoms with E-state index in [9.17, 15) is 18.8 Å². The van der Waals surface area contributed by atoms with E-state index in [1.54, 1.807) is 0 Å². The molecule has 0 saturated heterocycles. The lowest BCUT2D eigenvalue weighted by Crippen LogP contribution is -2.36. The molecule has 3 N–H and O–H groups in total. The zero-order valence-corrected chi connectivity index (χ0v) is 19.2. The van der Waals surface area contributed by atoms with Crippen LogP contribution in [0.15, 0.2) is 58.1 Å². The number of carbonyl (C=O) groups is 1. The molecule has 180 valence electrons. The Hall–Kier alpha value is -3.63. The first-order valence-corrected chi connectivity index (χ1v) is 10.8. The monoisotopic (exact) mass is 490 g/mol. The van der Waals surface area contributed by atoms with Gasteiger partial charge in [0.2, 0.25) is 5.91 Å². The SMILES string of the molecule is COCCn1c(NC(=O)CCOc2ccc(F)cc2Cl)c(NCc2ccccc2)c(=O)[nH]c1=O. The number of aromatic amines is 1. The third-order valence-corrected chi connectivity index (χ3v) is 5.06. The molecular weight excluding hydrogens is 467 g/mol. The van der Waals surface area contributed by atoms with Crippen LogP contribution in [0.3, 0.4) is 0 Å². The van der Waals surface area contributed by atoms with Crippen LogP contribution >= 0.6 is 11.6 Å². The smallest absolute Gasteiger partial charge is 0.330 e. The molecule has 0 saturated carbocycles. The predicted molar refractivity (Wildman–Crippen MR) is 127 cm³/mol. The standard InChI is InChI=1S/C23H24ClFN4O5/c1-33-12-10-29-21(27-19(30)9-11-34-18-8-7-16(25)13-17(18)24)20(22(31)28-23(29)32)26-14-15-5-3-2-4-6-15/h2-8,13,26H,9-12,14H2,1H3,(H,27,30)(H,28,31,32). The number of rotatable bonds is 11. The second-order valence-electron chi connectivity index (χ2n) is 7.19. The Morgan fingerprint density at radius 1 is 1.15 bits per heavy atom. The molecule has 34 heavy (non-hydrogen) atoms. The molecule has 0 spiro atoms. The van der Waals surface area contributed by atoms with E-state index < -0.39 is 23.0 Å². The van der Waals surface area contributed by atoms with E-state index in [0.717, 1.165) is 11.6 Å². The summed E-state index contributed by atoms with van der Waals surface area (Å²) in [4.78, 5) is 39.9. The summed E-state index contributed by atoms with van der Waals surface area (Å²) in [6, 6.07) is 13.0. The Balaban J connectivity index is 1.78. The van der Waals surface area contributed by atoms with Crippen LogP contribution in [0.4, 0.5) is 15.9 Å². The molecule has 0 aliphatic carbocycles. The molecule has 1 heterocycles. The van der Waals surface area contributed by atoms with Gasteiger partial charge in [0.1, 0.15) is 23.1 Å². The van der Waals surface area contributed by atoms with Gasteiger partial charge in [0, 0.05) is 13.7 Å². The van der Waals surface area contributed by atoms with Crippen molar-refractivity contribution in [1.82, 2.24) is 9.55 Å². The lowest BCUT2D eigenvalue weighted by atomic mass is 10.2. The van der Waals surface area contributed by atoms with Gasteiger partial charge in [-0.15, -0.1) is 0 Å². The van der Waals surface area contributed by atoms with Gasteiger partial charge in [-0.3, -0.25) is 19.1 Å². The van der Waals surface area contributed by atoms with Gasteiger partial charge >= 0.3 is 5.69 Å². The number of anilines is 2. The number of benzene rings is 2. The minimum absolute atomic E-state index is 0.0199. The van der Waals surface area contributed by atoms with Crippen LogP contribution in [0.5, 0.6) is 5.75 Å². The van der Waals surface area contributed by atoms with Gasteiger partial charge in [0.25, 0.3) is 5.56 Å². The molecule has 0 fully saturated rings. The maximum absolute atomic E-state index is 13.2. The van der Waals surface area contributed by atoms with Crippen LogP contribution < -0.4 is 26.6 Å². The first kappa shape index (κ1) is 25.0. The maximum Gasteiger partial charge on any atom is 0.330 e. The molecule has 0 atom stereocenters. The first-order chi connectivity index (χ1) is 16.4. The number of amides is 1. The number of nitrogens with zero attached hydrogens (tertiary/aromatic N) is 1. The quantitative estimate of drug-likeness (QED) is 0.381. The molecular formula is C23H24ClFN4O5. The molecule has 1 aromatic heterocycles. The van der Waals surface area contributed by atoms with Crippen LogP contribution in [0, 0.1) is 5.82 Å². The van der Waals surface area contributed by atoms with Crippen molar-refractivity contribution in [1.29, 1.82) is 0 Å². The van der Waals surface area contributed by atoms with Crippen molar-refractivity contribution in [3.63, 3.8) is 0 Å². The third kappa shape index (κ3) is 6.69. The number of ether oxygens (including phenoxy) is 2. The average molecular weight is 491 g/mol. The highest BCUT2D eigenvalue weighted by molar-refractivity contribution is 6.32. The summed E-state index contributed by atoms with van der Waals surface area (Å²) >= 11 is 5.92. The topological polar surface area (TPSA) is 114 Å². The fourth-order valence-electron chi connectivity index (χ4n) is 3.09. The molecule has 0 aliphatic rings. The number of carbonyl (C=O) groups excluding carboxylic acids is 1. The third-order valence-electron chi connectivity index (χ3n) is 4.77. The Kier molecular flexibility index (Phi) is 8.83. The van der Waals surface area contributed by atoms with Crippen molar-refractivity contribution in [2.45, 2.75) is 19.5 Å². The minimum atomic E-state index is -0.683. The minimum Gasteiger partial charge on any atom is -0.491 e. The van der Waals surface area contributed by atoms with E-state index in [-0.39, 0.29) is 48.5 Å². The fraction of sp³-hybridized carbons (Fsp3) is 0.261. The van der Waals surface area contributed by atoms with Gasteiger partial charge in [0.15, 0.2) is 0 Å². The fourth-order valence-corrected chi connectivity index (χ4v) is 3.31. The Labute approximate surface area is 199 Å². The van der Waals surface area contributed by atoms with E-state index in [0.29, 0.717) is 6.54 Å². The van der Waals surface area contributed by atoms with Crippen molar-refractivity contribution < 1.29 is 18.7 Å². The Morgan fingerprint density at radius 3 is 2.62 bits per heavy atom. The van der Waals surface area contributed by atoms with Gasteiger partial charge in [-0.2, -0.15) is 0 Å². The van der Waals surface area contributed by atoms with Gasteiger partial charge in [-0.05, 0) is 23.8 Å². The Bertz CT molecular complexity index is 1250. The highest BCUT2D eigenvalue weighted by Gasteiger charge is 2.18. The van der Waals surface area contributed by atoms with Crippen LogP contribution in [-0.4, -0.2) is 35.8 Å². The highest BCUT2D eigenvalue weighted by Crippen LogP contribution is 2.25. The van der Waals surface area contributed by atoms with Crippen molar-refractivity contribution >= 4 is 29.0 Å². The summed E-state index contributed by atoms with van der Waals surface area (Å²) in [6.07, 6.45) is -0.114. The molecule has 3 aromatic rings. The second-order valence-corrected chi connectivity index (χ2v) is 7.60. The number of aromatic nitrogens is 2. The number of halogens is 2. The van der Waals surface area contributed by atoms with E-state index >= 15 is 0 Å². The van der Waals surface area contributed by atoms with Gasteiger partial charge < -0.3 is 20.1 Å². The van der Waals surface area contributed by atoms with Crippen molar-refractivity contribution in [2.24, 2.45) is 0 Å². The summed E-state index contributed by atoms with van der Waals surface area (Å²) < 4.78 is 24.9. The van der Waals surface area contributed by atoms with E-state index in [2.05, 4.69) is 15.6 Å². The molecule has 0 bridgehead atoms. The van der Waals surface area contributed by atoms with E-state index in [1.165, 1.54) is 23.8 Å². The molecule has 1 amide bonds. The predicted octanol–water partition coefficient (Wildman–Crippen LogP) is 3.00. The second kappa shape index (κ2) is 12.0. The van der Waals surface area contributed by atoms with E-state index in [1.807, 2.05) is 30.3 Å². The molecule has 0 radical (unpaired) electrons. The summed E-state index contributed by atoms with van der Waals surface area (Å²) in [5.41, 5.74) is -0.412. The van der Waals surface area contributed by atoms with E-state index in [4.69, 9.17) is 21.1 Å². The molecule has 3 rings (SSSR count). The number of nitrogens with one attached hydrogen (secondary N) is 3. The van der Waals surface area contributed by atoms with Crippen molar-refractivity contribution in [2.75, 3.05) is 31.0 Å². The van der Waals surface area contributed by atoms with Gasteiger partial charge in [-0.25, -0.2) is 9.18 Å². The Morgan fingerprint density at radius 2 is 1.91 bits per heavy atom. The lowest BCUT2D eigenvalue weighted by Gasteiger charge is -2.18. The average Bonchev–Trinajstić information content (AvgIpc) is 2.80. The number of hydrogen-bond donors (Lipinski definition) is 3. The normalized spacial score (nSPS) is 10.7. The highest BCUT2D eigenvalue weighted by atomic mass is 35.5.